The van der Waals surface area contributed by atoms with E-state index in [0.717, 1.165) is 43.7 Å². The molecule has 166 valence electrons. The van der Waals surface area contributed by atoms with Crippen LogP contribution in [0.5, 0.6) is 0 Å². The Morgan fingerprint density at radius 1 is 1.13 bits per heavy atom. The van der Waals surface area contributed by atoms with Crippen LogP contribution in [0.4, 0.5) is 5.69 Å². The molecule has 1 N–H and O–H groups in total. The van der Waals surface area contributed by atoms with Gasteiger partial charge in [0.25, 0.3) is 5.91 Å². The number of hydrogen-bond acceptors (Lipinski definition) is 4. The Balaban J connectivity index is 1.44. The molecule has 7 heteroatoms. The fourth-order valence-electron chi connectivity index (χ4n) is 4.90. The highest BCUT2D eigenvalue weighted by molar-refractivity contribution is 6.06. The van der Waals surface area contributed by atoms with Crippen molar-refractivity contribution in [2.24, 2.45) is 0 Å². The molecule has 2 amide bonds. The number of piperidine rings is 2. The number of carbonyl (C=O) groups is 2. The molecular formula is C24H33N5O2. The second-order valence-electron chi connectivity index (χ2n) is 8.91. The van der Waals surface area contributed by atoms with Crippen molar-refractivity contribution in [3.05, 3.63) is 47.8 Å². The number of H-pyrrole nitrogens is 1. The van der Waals surface area contributed by atoms with Gasteiger partial charge in [-0.1, -0.05) is 24.6 Å². The van der Waals surface area contributed by atoms with Gasteiger partial charge in [-0.25, -0.2) is 0 Å². The summed E-state index contributed by atoms with van der Waals surface area (Å²) in [7, 11) is 3.91. The molecule has 7 nitrogen and oxygen atoms in total. The predicted molar refractivity (Wildman–Crippen MR) is 121 cm³/mol. The number of hydrogen-bond donors (Lipinski definition) is 1. The Bertz CT molecular complexity index is 896. The van der Waals surface area contributed by atoms with Crippen molar-refractivity contribution in [2.45, 2.75) is 50.5 Å². The third-order valence-corrected chi connectivity index (χ3v) is 6.86. The van der Waals surface area contributed by atoms with Gasteiger partial charge in [0.15, 0.2) is 0 Å². The van der Waals surface area contributed by atoms with Gasteiger partial charge in [-0.15, -0.1) is 0 Å². The molecule has 0 aliphatic carbocycles. The number of para-hydroxylation sites is 1. The summed E-state index contributed by atoms with van der Waals surface area (Å²) < 4.78 is 0. The maximum atomic E-state index is 13.2. The van der Waals surface area contributed by atoms with Crippen LogP contribution in [-0.2, 0) is 4.79 Å². The van der Waals surface area contributed by atoms with Crippen molar-refractivity contribution in [3.8, 4) is 0 Å². The van der Waals surface area contributed by atoms with E-state index in [0.29, 0.717) is 24.6 Å². The topological polar surface area (TPSA) is 72.5 Å². The smallest absolute Gasteiger partial charge is 0.261 e. The number of nitrogens with one attached hydrogen (secondary N) is 1. The number of benzene rings is 1. The second kappa shape index (κ2) is 9.64. The number of aromatic amines is 1. The third-order valence-electron chi connectivity index (χ3n) is 6.86. The van der Waals surface area contributed by atoms with Crippen LogP contribution in [-0.4, -0.2) is 71.6 Å². The average Bonchev–Trinajstić information content (AvgIpc) is 3.30. The van der Waals surface area contributed by atoms with Crippen LogP contribution in [0, 0.1) is 0 Å². The molecule has 2 aliphatic heterocycles. The number of aromatic nitrogens is 2. The van der Waals surface area contributed by atoms with Gasteiger partial charge in [0.2, 0.25) is 5.91 Å². The van der Waals surface area contributed by atoms with Crippen molar-refractivity contribution in [3.63, 3.8) is 0 Å². The largest absolute Gasteiger partial charge is 0.342 e. The molecule has 3 heterocycles. The summed E-state index contributed by atoms with van der Waals surface area (Å²) in [5.41, 5.74) is 2.29. The maximum absolute atomic E-state index is 13.2. The Morgan fingerprint density at radius 3 is 2.71 bits per heavy atom. The van der Waals surface area contributed by atoms with Crippen LogP contribution in [0.15, 0.2) is 36.5 Å². The Kier molecular flexibility index (Phi) is 6.70. The molecule has 4 rings (SSSR count). The molecule has 0 unspecified atom stereocenters. The quantitative estimate of drug-likeness (QED) is 0.801. The first-order chi connectivity index (χ1) is 15.0. The first-order valence-electron chi connectivity index (χ1n) is 11.4. The molecule has 1 aromatic carbocycles. The highest BCUT2D eigenvalue weighted by atomic mass is 16.2. The first-order valence-corrected chi connectivity index (χ1v) is 11.4. The summed E-state index contributed by atoms with van der Waals surface area (Å²) in [6.45, 7) is 2.52. The fourth-order valence-corrected chi connectivity index (χ4v) is 4.90. The number of likely N-dealkylation sites (tertiary alicyclic amines) is 2. The van der Waals surface area contributed by atoms with E-state index in [1.807, 2.05) is 35.2 Å². The van der Waals surface area contributed by atoms with Crippen molar-refractivity contribution < 1.29 is 9.59 Å². The highest BCUT2D eigenvalue weighted by Gasteiger charge is 2.31. The minimum Gasteiger partial charge on any atom is -0.342 e. The summed E-state index contributed by atoms with van der Waals surface area (Å²) in [5, 5.41) is 7.25. The molecule has 2 aliphatic rings. The van der Waals surface area contributed by atoms with E-state index < -0.39 is 0 Å². The van der Waals surface area contributed by atoms with Crippen LogP contribution < -0.4 is 4.90 Å². The van der Waals surface area contributed by atoms with Crippen molar-refractivity contribution in [2.75, 3.05) is 38.6 Å². The summed E-state index contributed by atoms with van der Waals surface area (Å²) in [6.07, 6.45) is 7.64. The predicted octanol–water partition coefficient (Wildman–Crippen LogP) is 3.27. The van der Waals surface area contributed by atoms with Gasteiger partial charge in [0.05, 0.1) is 17.5 Å². The van der Waals surface area contributed by atoms with Gasteiger partial charge < -0.3 is 14.7 Å². The van der Waals surface area contributed by atoms with E-state index in [1.165, 1.54) is 12.8 Å². The SMILES string of the molecule is CN(C(=O)c1cn[nH]c1[C@@H]1CCCN(C(=O)C[C@@H]2CCCCN2C)C1)c1ccccc1. The van der Waals surface area contributed by atoms with E-state index in [9.17, 15) is 9.59 Å². The molecule has 1 aromatic heterocycles. The van der Waals surface area contributed by atoms with Gasteiger partial charge in [0, 0.05) is 44.2 Å². The Morgan fingerprint density at radius 2 is 1.94 bits per heavy atom. The average molecular weight is 424 g/mol. The second-order valence-corrected chi connectivity index (χ2v) is 8.91. The Hall–Kier alpha value is -2.67. The van der Waals surface area contributed by atoms with Gasteiger partial charge in [-0.3, -0.25) is 14.7 Å². The normalized spacial score (nSPS) is 22.3. The third kappa shape index (κ3) is 4.82. The van der Waals surface area contributed by atoms with E-state index in [2.05, 4.69) is 22.1 Å². The lowest BCUT2D eigenvalue weighted by atomic mass is 9.91. The van der Waals surface area contributed by atoms with E-state index in [-0.39, 0.29) is 17.7 Å². The summed E-state index contributed by atoms with van der Waals surface area (Å²) in [5.74, 6) is 0.256. The molecule has 2 aromatic rings. The lowest BCUT2D eigenvalue weighted by Crippen LogP contribution is -2.44. The fraction of sp³-hybridized carbons (Fsp3) is 0.542. The van der Waals surface area contributed by atoms with E-state index in [4.69, 9.17) is 0 Å². The molecule has 0 spiro atoms. The molecule has 0 bridgehead atoms. The van der Waals surface area contributed by atoms with Gasteiger partial charge in [0.1, 0.15) is 0 Å². The maximum Gasteiger partial charge on any atom is 0.261 e. The monoisotopic (exact) mass is 423 g/mol. The molecular weight excluding hydrogens is 390 g/mol. The van der Waals surface area contributed by atoms with E-state index >= 15 is 0 Å². The summed E-state index contributed by atoms with van der Waals surface area (Å²) >= 11 is 0. The molecule has 2 saturated heterocycles. The molecule has 31 heavy (non-hydrogen) atoms. The molecule has 2 atom stereocenters. The number of anilines is 1. The minimum atomic E-state index is -0.0813. The molecule has 0 radical (unpaired) electrons. The zero-order valence-corrected chi connectivity index (χ0v) is 18.6. The van der Waals surface area contributed by atoms with Crippen LogP contribution >= 0.6 is 0 Å². The number of carbonyl (C=O) groups excluding carboxylic acids is 2. The van der Waals surface area contributed by atoms with Crippen LogP contribution in [0.1, 0.15) is 60.5 Å². The van der Waals surface area contributed by atoms with Gasteiger partial charge >= 0.3 is 0 Å². The van der Waals surface area contributed by atoms with E-state index in [1.54, 1.807) is 18.1 Å². The zero-order chi connectivity index (χ0) is 21.8. The van der Waals surface area contributed by atoms with Crippen molar-refractivity contribution in [1.29, 1.82) is 0 Å². The van der Waals surface area contributed by atoms with Crippen molar-refractivity contribution >= 4 is 17.5 Å². The first kappa shape index (κ1) is 21.6. The van der Waals surface area contributed by atoms with Gasteiger partial charge in [-0.2, -0.15) is 5.10 Å². The van der Waals surface area contributed by atoms with Crippen LogP contribution in [0.3, 0.4) is 0 Å². The number of amides is 2. The standard InChI is InChI=1S/C24H33N5O2/c1-27-13-7-6-12-20(27)15-22(30)29-14-8-9-18(17-29)23-21(16-25-26-23)24(31)28(2)19-10-4-3-5-11-19/h3-5,10-11,16,18,20H,6-9,12-15,17H2,1-2H3,(H,25,26)/t18-,20+/m1/s1. The summed E-state index contributed by atoms with van der Waals surface area (Å²) in [4.78, 5) is 32.2. The highest BCUT2D eigenvalue weighted by Crippen LogP contribution is 2.30. The molecule has 0 saturated carbocycles. The molecule has 2 fully saturated rings. The van der Waals surface area contributed by atoms with Gasteiger partial charge in [-0.05, 0) is 51.4 Å². The lowest BCUT2D eigenvalue weighted by molar-refractivity contribution is -0.134. The van der Waals surface area contributed by atoms with Crippen LogP contribution in [0.2, 0.25) is 0 Å². The number of nitrogens with zero attached hydrogens (tertiary/aromatic N) is 4. The van der Waals surface area contributed by atoms with Crippen LogP contribution in [0.25, 0.3) is 0 Å². The summed E-state index contributed by atoms with van der Waals surface area (Å²) in [6, 6.07) is 9.96. The number of rotatable bonds is 5. The minimum absolute atomic E-state index is 0.0813. The lowest BCUT2D eigenvalue weighted by Gasteiger charge is -2.36. The van der Waals surface area contributed by atoms with Crippen molar-refractivity contribution in [1.82, 2.24) is 20.0 Å². The zero-order valence-electron chi connectivity index (χ0n) is 18.6. The Labute approximate surface area is 184 Å².